The smallest absolute Gasteiger partial charge is 0.327 e. The van der Waals surface area contributed by atoms with Gasteiger partial charge in [-0.3, -0.25) is 5.32 Å². The van der Waals surface area contributed by atoms with Gasteiger partial charge in [-0.15, -0.1) is 23.1 Å². The molecule has 1 fully saturated rings. The number of carbonyl (C=O) groups is 2. The Morgan fingerprint density at radius 1 is 1.58 bits per heavy atom. The van der Waals surface area contributed by atoms with Gasteiger partial charge >= 0.3 is 12.0 Å². The van der Waals surface area contributed by atoms with Crippen LogP contribution in [0.5, 0.6) is 0 Å². The number of thioether (sulfide) groups is 1. The highest BCUT2D eigenvalue weighted by Crippen LogP contribution is 2.24. The maximum absolute atomic E-state index is 12.0. The Kier molecular flexibility index (Phi) is 4.31. The van der Waals surface area contributed by atoms with E-state index in [1.54, 1.807) is 0 Å². The molecule has 6 nitrogen and oxygen atoms in total. The third-order valence-electron chi connectivity index (χ3n) is 2.76. The van der Waals surface area contributed by atoms with Crippen molar-refractivity contribution < 1.29 is 14.7 Å². The van der Waals surface area contributed by atoms with E-state index in [1.807, 2.05) is 19.2 Å². The van der Waals surface area contributed by atoms with Crippen LogP contribution in [0.2, 0.25) is 0 Å². The van der Waals surface area contributed by atoms with Crippen LogP contribution < -0.4 is 5.32 Å². The quantitative estimate of drug-likeness (QED) is 0.895. The molecule has 0 radical (unpaired) electrons. The van der Waals surface area contributed by atoms with E-state index in [0.717, 1.165) is 5.69 Å². The number of nitrogens with one attached hydrogen (secondary N) is 1. The van der Waals surface area contributed by atoms with Crippen molar-refractivity contribution >= 4 is 40.2 Å². The highest BCUT2D eigenvalue weighted by Gasteiger charge is 2.34. The van der Waals surface area contributed by atoms with Gasteiger partial charge in [0.2, 0.25) is 0 Å². The Labute approximate surface area is 119 Å². The van der Waals surface area contributed by atoms with Gasteiger partial charge < -0.3 is 10.0 Å². The summed E-state index contributed by atoms with van der Waals surface area (Å²) in [5, 5.41) is 14.1. The molecule has 2 rings (SSSR count). The number of amides is 2. The lowest BCUT2D eigenvalue weighted by Gasteiger charge is -2.19. The minimum atomic E-state index is -0.970. The zero-order valence-corrected chi connectivity index (χ0v) is 12.3. The second-order valence-electron chi connectivity index (χ2n) is 4.49. The van der Waals surface area contributed by atoms with Gasteiger partial charge in [0.15, 0.2) is 5.13 Å². The molecule has 1 aliphatic heterocycles. The maximum Gasteiger partial charge on any atom is 0.327 e. The second-order valence-corrected chi connectivity index (χ2v) is 6.34. The van der Waals surface area contributed by atoms with Gasteiger partial charge in [0.05, 0.1) is 11.6 Å². The van der Waals surface area contributed by atoms with Crippen molar-refractivity contribution in [2.24, 2.45) is 0 Å². The van der Waals surface area contributed by atoms with Crippen LogP contribution in [-0.2, 0) is 4.79 Å². The SMILES string of the molecule is CC(C)c1csc(NC(=O)N2CSC[C@H]2C(=O)O)n1. The summed E-state index contributed by atoms with van der Waals surface area (Å²) >= 11 is 2.79. The first-order valence-electron chi connectivity index (χ1n) is 5.82. The number of nitrogens with zero attached hydrogens (tertiary/aromatic N) is 2. The summed E-state index contributed by atoms with van der Waals surface area (Å²) in [7, 11) is 0. The maximum atomic E-state index is 12.0. The van der Waals surface area contributed by atoms with E-state index in [1.165, 1.54) is 28.0 Å². The molecule has 0 unspecified atom stereocenters. The number of thiazole rings is 1. The summed E-state index contributed by atoms with van der Waals surface area (Å²) in [4.78, 5) is 28.6. The molecule has 1 saturated heterocycles. The van der Waals surface area contributed by atoms with Crippen molar-refractivity contribution in [1.29, 1.82) is 0 Å². The fourth-order valence-corrected chi connectivity index (χ4v) is 3.63. The summed E-state index contributed by atoms with van der Waals surface area (Å²) < 4.78 is 0. The molecule has 1 aromatic heterocycles. The number of carboxylic acid groups (broad SMARTS) is 1. The minimum Gasteiger partial charge on any atom is -0.480 e. The fraction of sp³-hybridized carbons (Fsp3) is 0.545. The molecule has 0 aliphatic carbocycles. The summed E-state index contributed by atoms with van der Waals surface area (Å²) in [5.41, 5.74) is 0.922. The largest absolute Gasteiger partial charge is 0.480 e. The highest BCUT2D eigenvalue weighted by atomic mass is 32.2. The first-order chi connectivity index (χ1) is 8.99. The van der Waals surface area contributed by atoms with Crippen LogP contribution in [0.3, 0.4) is 0 Å². The summed E-state index contributed by atoms with van der Waals surface area (Å²) in [6, 6.07) is -1.16. The lowest BCUT2D eigenvalue weighted by Crippen LogP contribution is -2.43. The average molecular weight is 301 g/mol. The molecule has 1 atom stereocenters. The number of rotatable bonds is 3. The molecular formula is C11H15N3O3S2. The standard InChI is InChI=1S/C11H15N3O3S2/c1-6(2)7-3-19-10(12-7)13-11(17)14-5-18-4-8(14)9(15)16/h3,6,8H,4-5H2,1-2H3,(H,15,16)(H,12,13,17)/t8-/m0/s1. The molecule has 1 aromatic rings. The molecule has 19 heavy (non-hydrogen) atoms. The fourth-order valence-electron chi connectivity index (χ4n) is 1.62. The molecule has 2 N–H and O–H groups in total. The van der Waals surface area contributed by atoms with Gasteiger partial charge in [-0.25, -0.2) is 14.6 Å². The Balaban J connectivity index is 2.02. The molecule has 2 amide bonds. The van der Waals surface area contributed by atoms with E-state index in [9.17, 15) is 9.59 Å². The summed E-state index contributed by atoms with van der Waals surface area (Å²) in [6.45, 7) is 4.05. The van der Waals surface area contributed by atoms with Crippen molar-refractivity contribution in [2.45, 2.75) is 25.8 Å². The number of carboxylic acids is 1. The Morgan fingerprint density at radius 3 is 2.89 bits per heavy atom. The van der Waals surface area contributed by atoms with Crippen molar-refractivity contribution in [3.05, 3.63) is 11.1 Å². The summed E-state index contributed by atoms with van der Waals surface area (Å²) in [5.74, 6) is 0.154. The van der Waals surface area contributed by atoms with Crippen molar-refractivity contribution in [2.75, 3.05) is 16.9 Å². The van der Waals surface area contributed by atoms with Crippen LogP contribution in [-0.4, -0.2) is 44.7 Å². The molecule has 0 aromatic carbocycles. The van der Waals surface area contributed by atoms with E-state index < -0.39 is 18.0 Å². The molecule has 2 heterocycles. The van der Waals surface area contributed by atoms with Crippen LogP contribution in [0.1, 0.15) is 25.5 Å². The van der Waals surface area contributed by atoms with Crippen LogP contribution in [0.25, 0.3) is 0 Å². The first kappa shape index (κ1) is 14.1. The van der Waals surface area contributed by atoms with E-state index >= 15 is 0 Å². The summed E-state index contributed by atoms with van der Waals surface area (Å²) in [6.07, 6.45) is 0. The normalized spacial score (nSPS) is 18.9. The van der Waals surface area contributed by atoms with Crippen LogP contribution in [0.4, 0.5) is 9.93 Å². The number of aliphatic carboxylic acids is 1. The predicted octanol–water partition coefficient (Wildman–Crippen LogP) is 2.26. The molecule has 1 aliphatic rings. The minimum absolute atomic E-state index is 0.302. The number of urea groups is 1. The first-order valence-corrected chi connectivity index (χ1v) is 7.86. The van der Waals surface area contributed by atoms with Gasteiger partial charge in [0.25, 0.3) is 0 Å². The number of aromatic nitrogens is 1. The molecular weight excluding hydrogens is 286 g/mol. The van der Waals surface area contributed by atoms with Gasteiger partial charge in [-0.1, -0.05) is 13.8 Å². The van der Waals surface area contributed by atoms with Crippen molar-refractivity contribution in [3.8, 4) is 0 Å². The molecule has 104 valence electrons. The third-order valence-corrected chi connectivity index (χ3v) is 4.54. The van der Waals surface area contributed by atoms with Crippen molar-refractivity contribution in [1.82, 2.24) is 9.88 Å². The molecule has 0 saturated carbocycles. The van der Waals surface area contributed by atoms with E-state index in [4.69, 9.17) is 5.11 Å². The number of hydrogen-bond acceptors (Lipinski definition) is 5. The lowest BCUT2D eigenvalue weighted by molar-refractivity contribution is -0.140. The second kappa shape index (κ2) is 5.79. The van der Waals surface area contributed by atoms with Crippen LogP contribution in [0.15, 0.2) is 5.38 Å². The number of carbonyl (C=O) groups excluding carboxylic acids is 1. The molecule has 8 heteroatoms. The number of hydrogen-bond donors (Lipinski definition) is 2. The molecule has 0 bridgehead atoms. The van der Waals surface area contributed by atoms with Crippen LogP contribution in [0, 0.1) is 0 Å². The number of anilines is 1. The van der Waals surface area contributed by atoms with Gasteiger partial charge in [-0.2, -0.15) is 0 Å². The highest BCUT2D eigenvalue weighted by molar-refractivity contribution is 7.99. The van der Waals surface area contributed by atoms with Gasteiger partial charge in [0.1, 0.15) is 6.04 Å². The van der Waals surface area contributed by atoms with Crippen LogP contribution >= 0.6 is 23.1 Å². The van der Waals surface area contributed by atoms with E-state index in [2.05, 4.69) is 10.3 Å². The Morgan fingerprint density at radius 2 is 2.32 bits per heavy atom. The Bertz CT molecular complexity index is 489. The van der Waals surface area contributed by atoms with E-state index in [-0.39, 0.29) is 0 Å². The molecule has 0 spiro atoms. The predicted molar refractivity (Wildman–Crippen MR) is 75.8 cm³/mol. The van der Waals surface area contributed by atoms with Gasteiger partial charge in [-0.05, 0) is 5.92 Å². The zero-order valence-electron chi connectivity index (χ0n) is 10.6. The zero-order chi connectivity index (χ0) is 14.0. The third kappa shape index (κ3) is 3.19. The van der Waals surface area contributed by atoms with E-state index in [0.29, 0.717) is 22.7 Å². The van der Waals surface area contributed by atoms with Crippen molar-refractivity contribution in [3.63, 3.8) is 0 Å². The topological polar surface area (TPSA) is 82.5 Å². The van der Waals surface area contributed by atoms with Gasteiger partial charge in [0, 0.05) is 11.1 Å². The monoisotopic (exact) mass is 301 g/mol. The average Bonchev–Trinajstić information content (AvgIpc) is 2.96. The lowest BCUT2D eigenvalue weighted by atomic mass is 10.2. The Hall–Kier alpha value is -1.28.